The predicted molar refractivity (Wildman–Crippen MR) is 94.8 cm³/mol. The van der Waals surface area contributed by atoms with E-state index in [0.29, 0.717) is 17.4 Å². The second-order valence-electron chi connectivity index (χ2n) is 5.65. The molecule has 0 spiro atoms. The molecule has 1 aliphatic rings. The number of sulfonamides is 1. The van der Waals surface area contributed by atoms with Gasteiger partial charge in [-0.2, -0.15) is 4.31 Å². The summed E-state index contributed by atoms with van der Waals surface area (Å²) in [6, 6.07) is 8.84. The van der Waals surface area contributed by atoms with Crippen LogP contribution in [-0.4, -0.2) is 49.7 Å². The molecule has 0 aliphatic carbocycles. The Morgan fingerprint density at radius 2 is 1.72 bits per heavy atom. The van der Waals surface area contributed by atoms with Gasteiger partial charge < -0.3 is 4.90 Å². The average molecular weight is 403 g/mol. The zero-order valence-corrected chi connectivity index (χ0v) is 15.6. The van der Waals surface area contributed by atoms with Crippen molar-refractivity contribution in [2.75, 3.05) is 26.2 Å². The second kappa shape index (κ2) is 7.41. The van der Waals surface area contributed by atoms with Crippen LogP contribution in [0.2, 0.25) is 4.34 Å². The first-order valence-corrected chi connectivity index (χ1v) is 10.3. The van der Waals surface area contributed by atoms with Crippen LogP contribution in [0.3, 0.4) is 0 Å². The molecule has 25 heavy (non-hydrogen) atoms. The van der Waals surface area contributed by atoms with Crippen LogP contribution >= 0.6 is 22.9 Å². The number of piperazine rings is 1. The molecule has 3 rings (SSSR count). The number of benzene rings is 1. The Hall–Kier alpha value is -1.48. The van der Waals surface area contributed by atoms with Crippen LogP contribution in [0.15, 0.2) is 40.6 Å². The summed E-state index contributed by atoms with van der Waals surface area (Å²) >= 11 is 6.84. The lowest BCUT2D eigenvalue weighted by molar-refractivity contribution is -0.131. The normalized spacial score (nSPS) is 16.2. The lowest BCUT2D eigenvalue weighted by Crippen LogP contribution is -2.50. The molecule has 0 saturated carbocycles. The van der Waals surface area contributed by atoms with Crippen LogP contribution in [0.4, 0.5) is 4.39 Å². The molecule has 0 radical (unpaired) electrons. The Balaban J connectivity index is 1.59. The topological polar surface area (TPSA) is 57.7 Å². The van der Waals surface area contributed by atoms with Gasteiger partial charge in [-0.05, 0) is 29.8 Å². The quantitative estimate of drug-likeness (QED) is 0.789. The summed E-state index contributed by atoms with van der Waals surface area (Å²) in [7, 11) is -3.57. The van der Waals surface area contributed by atoms with Crippen LogP contribution in [0.5, 0.6) is 0 Å². The molecule has 1 fully saturated rings. The fourth-order valence-electron chi connectivity index (χ4n) is 2.63. The van der Waals surface area contributed by atoms with Crippen LogP contribution < -0.4 is 0 Å². The van der Waals surface area contributed by atoms with Gasteiger partial charge in [-0.1, -0.05) is 23.7 Å². The van der Waals surface area contributed by atoms with E-state index in [1.165, 1.54) is 22.5 Å². The number of hydrogen-bond donors (Lipinski definition) is 0. The van der Waals surface area contributed by atoms with Crippen molar-refractivity contribution in [3.05, 3.63) is 52.1 Å². The average Bonchev–Trinajstić information content (AvgIpc) is 3.04. The molecule has 1 saturated heterocycles. The van der Waals surface area contributed by atoms with Gasteiger partial charge >= 0.3 is 0 Å². The molecule has 1 aromatic heterocycles. The van der Waals surface area contributed by atoms with E-state index < -0.39 is 10.0 Å². The molecule has 134 valence electrons. The van der Waals surface area contributed by atoms with Gasteiger partial charge in [0.05, 0.1) is 10.8 Å². The third-order valence-electron chi connectivity index (χ3n) is 4.00. The number of rotatable bonds is 4. The molecule has 0 atom stereocenters. The zero-order valence-electron chi connectivity index (χ0n) is 13.2. The number of carbonyl (C=O) groups excluding carboxylic acids is 1. The molecule has 9 heteroatoms. The summed E-state index contributed by atoms with van der Waals surface area (Å²) in [5, 5.41) is 0. The van der Waals surface area contributed by atoms with E-state index in [4.69, 9.17) is 11.6 Å². The summed E-state index contributed by atoms with van der Waals surface area (Å²) in [5.74, 6) is -0.438. The van der Waals surface area contributed by atoms with Gasteiger partial charge in [0.2, 0.25) is 5.91 Å². The Morgan fingerprint density at radius 1 is 1.08 bits per heavy atom. The molecule has 1 aliphatic heterocycles. The second-order valence-corrected chi connectivity index (χ2v) is 9.53. The number of halogens is 2. The van der Waals surface area contributed by atoms with E-state index in [1.54, 1.807) is 23.1 Å². The van der Waals surface area contributed by atoms with Gasteiger partial charge in [0.15, 0.2) is 0 Å². The highest BCUT2D eigenvalue weighted by molar-refractivity contribution is 7.91. The minimum absolute atomic E-state index is 0.0946. The summed E-state index contributed by atoms with van der Waals surface area (Å²) in [4.78, 5) is 14.0. The van der Waals surface area contributed by atoms with Crippen molar-refractivity contribution < 1.29 is 17.6 Å². The lowest BCUT2D eigenvalue weighted by Gasteiger charge is -2.33. The summed E-state index contributed by atoms with van der Waals surface area (Å²) in [5.41, 5.74) is 0.731. The van der Waals surface area contributed by atoms with Gasteiger partial charge in [0.1, 0.15) is 10.0 Å². The highest BCUT2D eigenvalue weighted by Gasteiger charge is 2.31. The zero-order chi connectivity index (χ0) is 18.0. The number of nitrogens with zero attached hydrogens (tertiary/aromatic N) is 2. The van der Waals surface area contributed by atoms with Gasteiger partial charge in [0, 0.05) is 26.2 Å². The highest BCUT2D eigenvalue weighted by Crippen LogP contribution is 2.28. The molecule has 2 heterocycles. The summed E-state index contributed by atoms with van der Waals surface area (Å²) in [6.45, 7) is 1.15. The fourth-order valence-corrected chi connectivity index (χ4v) is 5.69. The maximum atomic E-state index is 12.9. The maximum Gasteiger partial charge on any atom is 0.252 e. The van der Waals surface area contributed by atoms with Gasteiger partial charge in [-0.15, -0.1) is 11.3 Å². The SMILES string of the molecule is O=C(Cc1ccc(F)cc1)N1CCN(S(=O)(=O)c2ccc(Cl)s2)CC1. The highest BCUT2D eigenvalue weighted by atomic mass is 35.5. The molecule has 0 N–H and O–H groups in total. The number of amides is 1. The van der Waals surface area contributed by atoms with Gasteiger partial charge in [0.25, 0.3) is 10.0 Å². The molecule has 1 aromatic carbocycles. The lowest BCUT2D eigenvalue weighted by atomic mass is 10.1. The predicted octanol–water partition coefficient (Wildman–Crippen LogP) is 2.62. The minimum atomic E-state index is -3.57. The van der Waals surface area contributed by atoms with E-state index in [0.717, 1.165) is 16.9 Å². The van der Waals surface area contributed by atoms with E-state index in [9.17, 15) is 17.6 Å². The number of thiophene rings is 1. The van der Waals surface area contributed by atoms with Crippen LogP contribution in [0, 0.1) is 5.82 Å². The first-order valence-electron chi connectivity index (χ1n) is 7.64. The van der Waals surface area contributed by atoms with Crippen LogP contribution in [0.25, 0.3) is 0 Å². The third kappa shape index (κ3) is 4.20. The van der Waals surface area contributed by atoms with Gasteiger partial charge in [-0.25, -0.2) is 12.8 Å². The van der Waals surface area contributed by atoms with Crippen LogP contribution in [-0.2, 0) is 21.2 Å². The van der Waals surface area contributed by atoms with Crippen LogP contribution in [0.1, 0.15) is 5.56 Å². The molecule has 1 amide bonds. The molecular weight excluding hydrogens is 387 g/mol. The Labute approximate surface area is 154 Å². The standard InChI is InChI=1S/C16H16ClFN2O3S2/c17-14-5-6-16(24-14)25(22,23)20-9-7-19(8-10-20)15(21)11-12-1-3-13(18)4-2-12/h1-6H,7-11H2. The largest absolute Gasteiger partial charge is 0.340 e. The fraction of sp³-hybridized carbons (Fsp3) is 0.312. The van der Waals surface area contributed by atoms with E-state index in [1.807, 2.05) is 0 Å². The Bertz CT molecular complexity index is 860. The first kappa shape index (κ1) is 18.3. The maximum absolute atomic E-state index is 12.9. The van der Waals surface area contributed by atoms with Crippen molar-refractivity contribution in [3.63, 3.8) is 0 Å². The summed E-state index contributed by atoms with van der Waals surface area (Å²) < 4.78 is 40.0. The number of hydrogen-bond acceptors (Lipinski definition) is 4. The molecule has 5 nitrogen and oxygen atoms in total. The smallest absolute Gasteiger partial charge is 0.252 e. The van der Waals surface area contributed by atoms with Crippen molar-refractivity contribution in [2.24, 2.45) is 0 Å². The van der Waals surface area contributed by atoms with Crippen molar-refractivity contribution >= 4 is 38.9 Å². The monoisotopic (exact) mass is 402 g/mol. The van der Waals surface area contributed by atoms with E-state index in [2.05, 4.69) is 0 Å². The van der Waals surface area contributed by atoms with Crippen molar-refractivity contribution in [2.45, 2.75) is 10.6 Å². The molecule has 0 unspecified atom stereocenters. The van der Waals surface area contributed by atoms with Crippen molar-refractivity contribution in [3.8, 4) is 0 Å². The van der Waals surface area contributed by atoms with E-state index in [-0.39, 0.29) is 35.4 Å². The number of carbonyl (C=O) groups is 1. The minimum Gasteiger partial charge on any atom is -0.340 e. The Kier molecular flexibility index (Phi) is 5.43. The van der Waals surface area contributed by atoms with Crippen molar-refractivity contribution in [1.29, 1.82) is 0 Å². The summed E-state index contributed by atoms with van der Waals surface area (Å²) in [6.07, 6.45) is 0.174. The van der Waals surface area contributed by atoms with Gasteiger partial charge in [-0.3, -0.25) is 4.79 Å². The third-order valence-corrected chi connectivity index (χ3v) is 7.60. The molecular formula is C16H16ClFN2O3S2. The first-order chi connectivity index (χ1) is 11.9. The molecule has 2 aromatic rings. The van der Waals surface area contributed by atoms with E-state index >= 15 is 0 Å². The Morgan fingerprint density at radius 3 is 2.28 bits per heavy atom. The van der Waals surface area contributed by atoms with Crippen molar-refractivity contribution in [1.82, 2.24) is 9.21 Å². The molecule has 0 bridgehead atoms.